The molecular weight excluding hydrogens is 297 g/mol. The van der Waals surface area contributed by atoms with E-state index in [-0.39, 0.29) is 5.91 Å². The Labute approximate surface area is 127 Å². The first-order valence-electron chi connectivity index (χ1n) is 6.06. The van der Waals surface area contributed by atoms with Crippen LogP contribution in [0.2, 0.25) is 10.0 Å². The van der Waals surface area contributed by atoms with E-state index < -0.39 is 0 Å². The van der Waals surface area contributed by atoms with Gasteiger partial charge in [0, 0.05) is 11.4 Å². The van der Waals surface area contributed by atoms with Crippen molar-refractivity contribution in [2.24, 2.45) is 0 Å². The molecule has 0 spiro atoms. The molecule has 2 aromatic rings. The number of rotatable bonds is 4. The number of pyridine rings is 1. The molecule has 104 valence electrons. The number of halogens is 2. The van der Waals surface area contributed by atoms with Gasteiger partial charge in [0.25, 0.3) is 0 Å². The SMILES string of the molecule is CCC(=O)Nc1ccc(Nc2ccc(Cl)cc2Cl)nc1. The fraction of sp³-hybridized carbons (Fsp3) is 0.143. The van der Waals surface area contributed by atoms with Crippen LogP contribution in [0.4, 0.5) is 17.2 Å². The van der Waals surface area contributed by atoms with Gasteiger partial charge >= 0.3 is 0 Å². The standard InChI is InChI=1S/C14H13Cl2N3O/c1-2-14(20)18-10-4-6-13(17-8-10)19-12-5-3-9(15)7-11(12)16/h3-8H,2H2,1H3,(H,17,19)(H,18,20). The van der Waals surface area contributed by atoms with Gasteiger partial charge in [-0.15, -0.1) is 0 Å². The Morgan fingerprint density at radius 3 is 2.65 bits per heavy atom. The lowest BCUT2D eigenvalue weighted by Crippen LogP contribution is -2.09. The minimum absolute atomic E-state index is 0.0479. The van der Waals surface area contributed by atoms with E-state index in [1.54, 1.807) is 43.5 Å². The number of aromatic nitrogens is 1. The summed E-state index contributed by atoms with van der Waals surface area (Å²) in [5, 5.41) is 6.90. The monoisotopic (exact) mass is 309 g/mol. The number of anilines is 3. The van der Waals surface area contributed by atoms with Crippen molar-refractivity contribution in [2.45, 2.75) is 13.3 Å². The fourth-order valence-corrected chi connectivity index (χ4v) is 1.98. The van der Waals surface area contributed by atoms with Gasteiger partial charge in [0.15, 0.2) is 0 Å². The quantitative estimate of drug-likeness (QED) is 0.875. The van der Waals surface area contributed by atoms with Gasteiger partial charge in [-0.25, -0.2) is 4.98 Å². The van der Waals surface area contributed by atoms with Crippen LogP contribution in [0.25, 0.3) is 0 Å². The number of hydrogen-bond acceptors (Lipinski definition) is 3. The van der Waals surface area contributed by atoms with Gasteiger partial charge < -0.3 is 10.6 Å². The average molecular weight is 310 g/mol. The van der Waals surface area contributed by atoms with Gasteiger partial charge in [-0.05, 0) is 30.3 Å². The Balaban J connectivity index is 2.08. The summed E-state index contributed by atoms with van der Waals surface area (Å²) in [5.74, 6) is 0.581. The van der Waals surface area contributed by atoms with Crippen molar-refractivity contribution in [1.82, 2.24) is 4.98 Å². The van der Waals surface area contributed by atoms with Gasteiger partial charge in [-0.2, -0.15) is 0 Å². The molecule has 0 saturated heterocycles. The maximum absolute atomic E-state index is 11.2. The number of nitrogens with one attached hydrogen (secondary N) is 2. The van der Waals surface area contributed by atoms with E-state index in [0.717, 1.165) is 0 Å². The summed E-state index contributed by atoms with van der Waals surface area (Å²) < 4.78 is 0. The van der Waals surface area contributed by atoms with Gasteiger partial charge in [-0.1, -0.05) is 30.1 Å². The fourth-order valence-electron chi connectivity index (χ4n) is 1.52. The molecule has 0 aliphatic heterocycles. The molecule has 6 heteroatoms. The molecule has 0 bridgehead atoms. The Bertz CT molecular complexity index is 614. The van der Waals surface area contributed by atoms with E-state index in [2.05, 4.69) is 15.6 Å². The van der Waals surface area contributed by atoms with Crippen molar-refractivity contribution in [3.8, 4) is 0 Å². The van der Waals surface area contributed by atoms with Gasteiger partial charge in [0.2, 0.25) is 5.91 Å². The van der Waals surface area contributed by atoms with E-state index in [1.165, 1.54) is 0 Å². The zero-order valence-electron chi connectivity index (χ0n) is 10.8. The number of carbonyl (C=O) groups is 1. The molecule has 0 saturated carbocycles. The smallest absolute Gasteiger partial charge is 0.224 e. The van der Waals surface area contributed by atoms with E-state index in [1.807, 2.05) is 0 Å². The third-order valence-corrected chi connectivity index (χ3v) is 3.11. The molecule has 4 nitrogen and oxygen atoms in total. The predicted octanol–water partition coefficient (Wildman–Crippen LogP) is 4.48. The van der Waals surface area contributed by atoms with Crippen molar-refractivity contribution in [3.63, 3.8) is 0 Å². The third kappa shape index (κ3) is 3.85. The van der Waals surface area contributed by atoms with Crippen LogP contribution in [-0.2, 0) is 4.79 Å². The summed E-state index contributed by atoms with van der Waals surface area (Å²) in [5.41, 5.74) is 1.37. The van der Waals surface area contributed by atoms with Gasteiger partial charge in [0.1, 0.15) is 5.82 Å². The maximum Gasteiger partial charge on any atom is 0.224 e. The van der Waals surface area contributed by atoms with Crippen molar-refractivity contribution < 1.29 is 4.79 Å². The van der Waals surface area contributed by atoms with E-state index in [9.17, 15) is 4.79 Å². The van der Waals surface area contributed by atoms with Crippen molar-refractivity contribution >= 4 is 46.3 Å². The van der Waals surface area contributed by atoms with Crippen LogP contribution in [0.5, 0.6) is 0 Å². The van der Waals surface area contributed by atoms with Crippen molar-refractivity contribution in [1.29, 1.82) is 0 Å². The van der Waals surface area contributed by atoms with Crippen molar-refractivity contribution in [3.05, 3.63) is 46.6 Å². The van der Waals surface area contributed by atoms with E-state index in [0.29, 0.717) is 33.7 Å². The highest BCUT2D eigenvalue weighted by molar-refractivity contribution is 6.36. The molecule has 2 rings (SSSR count). The summed E-state index contributed by atoms with van der Waals surface area (Å²) >= 11 is 11.9. The normalized spacial score (nSPS) is 10.2. The molecule has 1 aromatic carbocycles. The van der Waals surface area contributed by atoms with Crippen LogP contribution < -0.4 is 10.6 Å². The topological polar surface area (TPSA) is 54.0 Å². The highest BCUT2D eigenvalue weighted by Crippen LogP contribution is 2.27. The Morgan fingerprint density at radius 2 is 2.05 bits per heavy atom. The first-order valence-corrected chi connectivity index (χ1v) is 6.82. The first kappa shape index (κ1) is 14.6. The number of hydrogen-bond donors (Lipinski definition) is 2. The average Bonchev–Trinajstić information content (AvgIpc) is 2.44. The summed E-state index contributed by atoms with van der Waals surface area (Å²) in [6, 6.07) is 8.70. The number of benzene rings is 1. The minimum atomic E-state index is -0.0479. The molecule has 0 unspecified atom stereocenters. The molecule has 0 atom stereocenters. The van der Waals surface area contributed by atoms with E-state index >= 15 is 0 Å². The second kappa shape index (κ2) is 6.59. The largest absolute Gasteiger partial charge is 0.339 e. The van der Waals surface area contributed by atoms with Crippen LogP contribution in [0.15, 0.2) is 36.5 Å². The molecule has 1 amide bonds. The number of amides is 1. The molecule has 0 aliphatic carbocycles. The lowest BCUT2D eigenvalue weighted by atomic mass is 10.3. The molecule has 0 radical (unpaired) electrons. The zero-order valence-corrected chi connectivity index (χ0v) is 12.3. The van der Waals surface area contributed by atoms with Crippen molar-refractivity contribution in [2.75, 3.05) is 10.6 Å². The molecule has 2 N–H and O–H groups in total. The van der Waals surface area contributed by atoms with Crippen LogP contribution in [0.3, 0.4) is 0 Å². The lowest BCUT2D eigenvalue weighted by Gasteiger charge is -2.09. The molecule has 0 fully saturated rings. The molecule has 1 heterocycles. The summed E-state index contributed by atoms with van der Waals surface area (Å²) in [7, 11) is 0. The minimum Gasteiger partial charge on any atom is -0.339 e. The zero-order chi connectivity index (χ0) is 14.5. The summed E-state index contributed by atoms with van der Waals surface area (Å²) in [6.45, 7) is 1.79. The summed E-state index contributed by atoms with van der Waals surface area (Å²) in [6.07, 6.45) is 2.01. The second-order valence-electron chi connectivity index (χ2n) is 4.08. The maximum atomic E-state index is 11.2. The van der Waals surface area contributed by atoms with Crippen LogP contribution in [0, 0.1) is 0 Å². The van der Waals surface area contributed by atoms with E-state index in [4.69, 9.17) is 23.2 Å². The third-order valence-electron chi connectivity index (χ3n) is 2.56. The van der Waals surface area contributed by atoms with Gasteiger partial charge in [-0.3, -0.25) is 4.79 Å². The predicted molar refractivity (Wildman–Crippen MR) is 82.9 cm³/mol. The van der Waals surface area contributed by atoms with Gasteiger partial charge in [0.05, 0.1) is 22.6 Å². The molecule has 0 aliphatic rings. The number of nitrogens with zero attached hydrogens (tertiary/aromatic N) is 1. The van der Waals surface area contributed by atoms with Crippen LogP contribution in [0.1, 0.15) is 13.3 Å². The number of carbonyl (C=O) groups excluding carboxylic acids is 1. The molecule has 20 heavy (non-hydrogen) atoms. The molecular formula is C14H13Cl2N3O. The Kier molecular flexibility index (Phi) is 4.82. The van der Waals surface area contributed by atoms with Crippen LogP contribution in [-0.4, -0.2) is 10.9 Å². The lowest BCUT2D eigenvalue weighted by molar-refractivity contribution is -0.115. The Hall–Kier alpha value is -1.78. The highest BCUT2D eigenvalue weighted by atomic mass is 35.5. The highest BCUT2D eigenvalue weighted by Gasteiger charge is 2.03. The Morgan fingerprint density at radius 1 is 1.25 bits per heavy atom. The van der Waals surface area contributed by atoms with Crippen LogP contribution >= 0.6 is 23.2 Å². The molecule has 1 aromatic heterocycles. The second-order valence-corrected chi connectivity index (χ2v) is 4.93. The first-order chi connectivity index (χ1) is 9.58. The summed E-state index contributed by atoms with van der Waals surface area (Å²) in [4.78, 5) is 15.5.